The topological polar surface area (TPSA) is 25.2 Å². The molecule has 4 rings (SSSR count). The molecule has 0 aliphatic heterocycles. The van der Waals surface area contributed by atoms with Gasteiger partial charge < -0.3 is 9.73 Å². The molecular formula is C18H16FNO. The second-order valence-electron chi connectivity index (χ2n) is 5.61. The van der Waals surface area contributed by atoms with Gasteiger partial charge in [0.15, 0.2) is 0 Å². The lowest BCUT2D eigenvalue weighted by Crippen LogP contribution is -2.15. The second-order valence-corrected chi connectivity index (χ2v) is 5.61. The number of nitrogens with one attached hydrogen (secondary N) is 1. The van der Waals surface area contributed by atoms with Gasteiger partial charge in [0.1, 0.15) is 17.2 Å². The first-order valence-electron chi connectivity index (χ1n) is 7.30. The highest BCUT2D eigenvalue weighted by Crippen LogP contribution is 2.31. The first kappa shape index (κ1) is 12.6. The van der Waals surface area contributed by atoms with Crippen LogP contribution in [0.15, 0.2) is 52.9 Å². The molecule has 0 spiro atoms. The highest BCUT2D eigenvalue weighted by atomic mass is 19.1. The number of hydrogen-bond acceptors (Lipinski definition) is 2. The fourth-order valence-corrected chi connectivity index (χ4v) is 2.60. The Morgan fingerprint density at radius 3 is 2.81 bits per heavy atom. The number of halogens is 1. The zero-order chi connectivity index (χ0) is 14.2. The molecule has 0 saturated heterocycles. The summed E-state index contributed by atoms with van der Waals surface area (Å²) in [4.78, 5) is 0. The van der Waals surface area contributed by atoms with E-state index in [-0.39, 0.29) is 5.82 Å². The van der Waals surface area contributed by atoms with E-state index in [2.05, 4.69) is 17.4 Å². The average Bonchev–Trinajstić information content (AvgIpc) is 3.23. The highest BCUT2D eigenvalue weighted by Gasteiger charge is 2.20. The van der Waals surface area contributed by atoms with Crippen molar-refractivity contribution in [3.05, 3.63) is 59.9 Å². The molecule has 0 atom stereocenters. The molecule has 1 aliphatic carbocycles. The SMILES string of the molecule is Fc1ccc2oc(-c3ccccc3CNC3CC3)cc2c1. The number of hydrogen-bond donors (Lipinski definition) is 1. The van der Waals surface area contributed by atoms with Crippen LogP contribution < -0.4 is 5.32 Å². The van der Waals surface area contributed by atoms with Crippen molar-refractivity contribution in [1.82, 2.24) is 5.32 Å². The molecule has 0 radical (unpaired) electrons. The summed E-state index contributed by atoms with van der Waals surface area (Å²) in [5.74, 6) is 0.558. The standard InChI is InChI=1S/C18H16FNO/c19-14-5-8-17-13(9-14)10-18(21-17)16-4-2-1-3-12(16)11-20-15-6-7-15/h1-5,8-10,15,20H,6-7,11H2. The maximum atomic E-state index is 13.3. The summed E-state index contributed by atoms with van der Waals surface area (Å²) in [6.45, 7) is 0.840. The van der Waals surface area contributed by atoms with E-state index in [4.69, 9.17) is 4.42 Å². The molecule has 1 N–H and O–H groups in total. The molecule has 0 bridgehead atoms. The van der Waals surface area contributed by atoms with Crippen LogP contribution in [-0.2, 0) is 6.54 Å². The molecule has 2 nitrogen and oxygen atoms in total. The number of benzene rings is 2. The highest BCUT2D eigenvalue weighted by molar-refractivity contribution is 5.83. The van der Waals surface area contributed by atoms with Gasteiger partial charge in [-0.3, -0.25) is 0 Å². The molecule has 1 aromatic heterocycles. The Kier molecular flexibility index (Phi) is 3.00. The third-order valence-electron chi connectivity index (χ3n) is 3.92. The van der Waals surface area contributed by atoms with Gasteiger partial charge in [-0.25, -0.2) is 4.39 Å². The first-order chi connectivity index (χ1) is 10.3. The van der Waals surface area contributed by atoms with Crippen LogP contribution in [0.3, 0.4) is 0 Å². The predicted molar refractivity (Wildman–Crippen MR) is 81.5 cm³/mol. The smallest absolute Gasteiger partial charge is 0.135 e. The van der Waals surface area contributed by atoms with Crippen LogP contribution in [-0.4, -0.2) is 6.04 Å². The zero-order valence-electron chi connectivity index (χ0n) is 11.6. The van der Waals surface area contributed by atoms with Gasteiger partial charge in [-0.15, -0.1) is 0 Å². The van der Waals surface area contributed by atoms with Gasteiger partial charge in [0.2, 0.25) is 0 Å². The maximum Gasteiger partial charge on any atom is 0.135 e. The summed E-state index contributed by atoms with van der Waals surface area (Å²) < 4.78 is 19.2. The van der Waals surface area contributed by atoms with E-state index in [1.54, 1.807) is 6.07 Å². The van der Waals surface area contributed by atoms with E-state index in [0.29, 0.717) is 6.04 Å². The first-order valence-corrected chi connectivity index (χ1v) is 7.30. The van der Waals surface area contributed by atoms with Crippen molar-refractivity contribution in [2.45, 2.75) is 25.4 Å². The third-order valence-corrected chi connectivity index (χ3v) is 3.92. The van der Waals surface area contributed by atoms with E-state index >= 15 is 0 Å². The Hall–Kier alpha value is -2.13. The van der Waals surface area contributed by atoms with Crippen molar-refractivity contribution < 1.29 is 8.81 Å². The minimum atomic E-state index is -0.237. The van der Waals surface area contributed by atoms with Crippen molar-refractivity contribution in [3.8, 4) is 11.3 Å². The van der Waals surface area contributed by atoms with Gasteiger partial charge in [-0.1, -0.05) is 24.3 Å². The van der Waals surface area contributed by atoms with Crippen LogP contribution in [0.5, 0.6) is 0 Å². The minimum Gasteiger partial charge on any atom is -0.456 e. The summed E-state index contributed by atoms with van der Waals surface area (Å²) in [5.41, 5.74) is 3.00. The quantitative estimate of drug-likeness (QED) is 0.762. The monoisotopic (exact) mass is 281 g/mol. The summed E-state index contributed by atoms with van der Waals surface area (Å²) in [5, 5.41) is 4.33. The van der Waals surface area contributed by atoms with E-state index < -0.39 is 0 Å². The van der Waals surface area contributed by atoms with Gasteiger partial charge in [0.25, 0.3) is 0 Å². The van der Waals surface area contributed by atoms with E-state index in [1.807, 2.05) is 18.2 Å². The Morgan fingerprint density at radius 1 is 1.10 bits per heavy atom. The molecule has 21 heavy (non-hydrogen) atoms. The van der Waals surface area contributed by atoms with Crippen LogP contribution in [0.1, 0.15) is 18.4 Å². The van der Waals surface area contributed by atoms with Gasteiger partial charge >= 0.3 is 0 Å². The molecular weight excluding hydrogens is 265 g/mol. The van der Waals surface area contributed by atoms with Gasteiger partial charge in [-0.05, 0) is 42.7 Å². The lowest BCUT2D eigenvalue weighted by Gasteiger charge is -2.08. The van der Waals surface area contributed by atoms with Crippen LogP contribution in [0.2, 0.25) is 0 Å². The predicted octanol–water partition coefficient (Wildman–Crippen LogP) is 4.49. The number of furan rings is 1. The lowest BCUT2D eigenvalue weighted by molar-refractivity contribution is 0.617. The third kappa shape index (κ3) is 2.57. The van der Waals surface area contributed by atoms with Crippen molar-refractivity contribution in [2.75, 3.05) is 0 Å². The molecule has 0 amide bonds. The number of fused-ring (bicyclic) bond motifs is 1. The van der Waals surface area contributed by atoms with Crippen LogP contribution in [0.25, 0.3) is 22.3 Å². The largest absolute Gasteiger partial charge is 0.456 e. The summed E-state index contributed by atoms with van der Waals surface area (Å²) >= 11 is 0. The normalized spacial score (nSPS) is 14.7. The lowest BCUT2D eigenvalue weighted by atomic mass is 10.0. The average molecular weight is 281 g/mol. The van der Waals surface area contributed by atoms with Crippen molar-refractivity contribution in [2.24, 2.45) is 0 Å². The van der Waals surface area contributed by atoms with E-state index in [1.165, 1.54) is 30.5 Å². The maximum absolute atomic E-state index is 13.3. The number of rotatable bonds is 4. The van der Waals surface area contributed by atoms with Crippen molar-refractivity contribution >= 4 is 11.0 Å². The Labute approximate surface area is 122 Å². The molecule has 1 heterocycles. The van der Waals surface area contributed by atoms with Crippen LogP contribution in [0.4, 0.5) is 4.39 Å². The van der Waals surface area contributed by atoms with Gasteiger partial charge in [-0.2, -0.15) is 0 Å². The molecule has 3 heteroatoms. The Bertz CT molecular complexity index is 789. The fourth-order valence-electron chi connectivity index (χ4n) is 2.60. The molecule has 1 fully saturated rings. The summed E-state index contributed by atoms with van der Waals surface area (Å²) in [6.07, 6.45) is 2.54. The molecule has 3 aromatic rings. The second kappa shape index (κ2) is 5.01. The Morgan fingerprint density at radius 2 is 1.95 bits per heavy atom. The van der Waals surface area contributed by atoms with Crippen LogP contribution >= 0.6 is 0 Å². The summed E-state index contributed by atoms with van der Waals surface area (Å²) in [7, 11) is 0. The summed E-state index contributed by atoms with van der Waals surface area (Å²) in [6, 6.07) is 15.4. The zero-order valence-corrected chi connectivity index (χ0v) is 11.6. The molecule has 0 unspecified atom stereocenters. The van der Waals surface area contributed by atoms with Gasteiger partial charge in [0.05, 0.1) is 0 Å². The van der Waals surface area contributed by atoms with E-state index in [9.17, 15) is 4.39 Å². The molecule has 1 saturated carbocycles. The fraction of sp³-hybridized carbons (Fsp3) is 0.222. The minimum absolute atomic E-state index is 0.237. The van der Waals surface area contributed by atoms with Gasteiger partial charge in [0, 0.05) is 23.5 Å². The molecule has 1 aliphatic rings. The van der Waals surface area contributed by atoms with Crippen LogP contribution in [0, 0.1) is 5.82 Å². The van der Waals surface area contributed by atoms with E-state index in [0.717, 1.165) is 28.8 Å². The molecule has 106 valence electrons. The van der Waals surface area contributed by atoms with Crippen molar-refractivity contribution in [3.63, 3.8) is 0 Å². The Balaban J connectivity index is 1.72. The molecule has 2 aromatic carbocycles. The van der Waals surface area contributed by atoms with Crippen molar-refractivity contribution in [1.29, 1.82) is 0 Å².